The maximum Gasteiger partial charge on any atom is 0.246 e. The molecule has 9 heteroatoms. The van der Waals surface area contributed by atoms with E-state index >= 15 is 0 Å². The average Bonchev–Trinajstić information content (AvgIpc) is 3.21. The molecule has 1 unspecified atom stereocenters. The summed E-state index contributed by atoms with van der Waals surface area (Å²) in [6, 6.07) is 13.9. The molecule has 0 fully saturated rings. The number of rotatable bonds is 8. The highest BCUT2D eigenvalue weighted by atomic mass is 32.2. The zero-order chi connectivity index (χ0) is 22.6. The fourth-order valence-electron chi connectivity index (χ4n) is 3.30. The molecule has 2 aromatic carbocycles. The Bertz CT molecular complexity index is 1160. The Morgan fingerprint density at radius 2 is 1.87 bits per heavy atom. The maximum absolute atomic E-state index is 13.0. The second-order valence-corrected chi connectivity index (χ2v) is 9.23. The summed E-state index contributed by atoms with van der Waals surface area (Å²) in [6.07, 6.45) is 1.40. The Morgan fingerprint density at radius 1 is 1.16 bits per heavy atom. The Balaban J connectivity index is 1.80. The van der Waals surface area contributed by atoms with E-state index in [0.717, 1.165) is 22.9 Å². The van der Waals surface area contributed by atoms with Gasteiger partial charge >= 0.3 is 0 Å². The number of nitrogens with one attached hydrogen (secondary N) is 1. The molecule has 164 valence electrons. The van der Waals surface area contributed by atoms with Crippen LogP contribution in [-0.2, 0) is 21.4 Å². The number of benzene rings is 2. The minimum absolute atomic E-state index is 0.000428. The molecule has 1 N–H and O–H groups in total. The average molecular weight is 443 g/mol. The van der Waals surface area contributed by atoms with Gasteiger partial charge in [-0.2, -0.15) is 4.98 Å². The van der Waals surface area contributed by atoms with Crippen LogP contribution < -0.4 is 9.62 Å². The van der Waals surface area contributed by atoms with E-state index < -0.39 is 22.0 Å². The standard InChI is InChI=1S/C22H26N4O4S/c1-5-18(26(31(4,28)29)19-13-15(2)11-12-16(19)3)22(27)23-14-20-24-21(25-30-20)17-9-7-6-8-10-17/h6-13,18H,5,14H2,1-4H3,(H,23,27). The number of hydrogen-bond acceptors (Lipinski definition) is 6. The van der Waals surface area contributed by atoms with Gasteiger partial charge in [0.15, 0.2) is 0 Å². The predicted octanol–water partition coefficient (Wildman–Crippen LogP) is 3.21. The van der Waals surface area contributed by atoms with Gasteiger partial charge in [-0.3, -0.25) is 9.10 Å². The van der Waals surface area contributed by atoms with Crippen LogP contribution in [0.1, 0.15) is 30.4 Å². The van der Waals surface area contributed by atoms with Crippen molar-refractivity contribution in [3.05, 3.63) is 65.5 Å². The molecule has 0 aliphatic heterocycles. The Hall–Kier alpha value is -3.20. The Labute approximate surface area is 182 Å². The lowest BCUT2D eigenvalue weighted by molar-refractivity contribution is -0.122. The topological polar surface area (TPSA) is 105 Å². The van der Waals surface area contributed by atoms with E-state index in [1.165, 1.54) is 4.31 Å². The summed E-state index contributed by atoms with van der Waals surface area (Å²) in [4.78, 5) is 17.3. The van der Waals surface area contributed by atoms with Crippen molar-refractivity contribution in [2.75, 3.05) is 10.6 Å². The molecule has 31 heavy (non-hydrogen) atoms. The largest absolute Gasteiger partial charge is 0.345 e. The van der Waals surface area contributed by atoms with Crippen molar-refractivity contribution in [3.63, 3.8) is 0 Å². The van der Waals surface area contributed by atoms with Crippen LogP contribution in [0, 0.1) is 13.8 Å². The van der Waals surface area contributed by atoms with E-state index in [-0.39, 0.29) is 12.4 Å². The third-order valence-corrected chi connectivity index (χ3v) is 6.01. The molecule has 0 aliphatic rings. The number of nitrogens with zero attached hydrogens (tertiary/aromatic N) is 3. The molecule has 0 bridgehead atoms. The number of aryl methyl sites for hydroxylation is 2. The van der Waals surface area contributed by atoms with Crippen LogP contribution in [0.25, 0.3) is 11.4 Å². The first-order chi connectivity index (χ1) is 14.7. The zero-order valence-electron chi connectivity index (χ0n) is 18.0. The van der Waals surface area contributed by atoms with E-state index in [1.54, 1.807) is 13.0 Å². The molecule has 1 amide bonds. The fourth-order valence-corrected chi connectivity index (χ4v) is 4.56. The SMILES string of the molecule is CCC(C(=O)NCc1nc(-c2ccccc2)no1)N(c1cc(C)ccc1C)S(C)(=O)=O. The lowest BCUT2D eigenvalue weighted by atomic mass is 10.1. The van der Waals surface area contributed by atoms with E-state index in [0.29, 0.717) is 17.9 Å². The molecule has 0 saturated carbocycles. The van der Waals surface area contributed by atoms with Crippen molar-refractivity contribution in [2.45, 2.75) is 39.8 Å². The highest BCUT2D eigenvalue weighted by Crippen LogP contribution is 2.27. The molecular weight excluding hydrogens is 416 g/mol. The second-order valence-electron chi connectivity index (χ2n) is 7.37. The van der Waals surface area contributed by atoms with Crippen molar-refractivity contribution in [2.24, 2.45) is 0 Å². The minimum atomic E-state index is -3.71. The van der Waals surface area contributed by atoms with Crippen LogP contribution in [-0.4, -0.2) is 36.8 Å². The fraction of sp³-hybridized carbons (Fsp3) is 0.318. The van der Waals surface area contributed by atoms with E-state index in [4.69, 9.17) is 4.52 Å². The summed E-state index contributed by atoms with van der Waals surface area (Å²) in [5.41, 5.74) is 2.97. The molecule has 0 radical (unpaired) electrons. The lowest BCUT2D eigenvalue weighted by Crippen LogP contribution is -2.49. The zero-order valence-corrected chi connectivity index (χ0v) is 18.8. The number of carbonyl (C=O) groups excluding carboxylic acids is 1. The van der Waals surface area contributed by atoms with E-state index in [1.807, 2.05) is 56.3 Å². The third kappa shape index (κ3) is 5.29. The van der Waals surface area contributed by atoms with E-state index in [9.17, 15) is 13.2 Å². The van der Waals surface area contributed by atoms with E-state index in [2.05, 4.69) is 15.5 Å². The van der Waals surface area contributed by atoms with Crippen molar-refractivity contribution in [3.8, 4) is 11.4 Å². The third-order valence-electron chi connectivity index (χ3n) is 4.85. The van der Waals surface area contributed by atoms with Crippen molar-refractivity contribution in [1.29, 1.82) is 0 Å². The smallest absolute Gasteiger partial charge is 0.246 e. The van der Waals surface area contributed by atoms with Crippen LogP contribution in [0.2, 0.25) is 0 Å². The second kappa shape index (κ2) is 9.30. The molecule has 8 nitrogen and oxygen atoms in total. The number of aromatic nitrogens is 2. The highest BCUT2D eigenvalue weighted by molar-refractivity contribution is 7.92. The lowest BCUT2D eigenvalue weighted by Gasteiger charge is -2.31. The highest BCUT2D eigenvalue weighted by Gasteiger charge is 2.32. The molecule has 0 aliphatic carbocycles. The molecule has 3 aromatic rings. The Morgan fingerprint density at radius 3 is 2.52 bits per heavy atom. The molecule has 1 aromatic heterocycles. The van der Waals surface area contributed by atoms with Crippen LogP contribution >= 0.6 is 0 Å². The van der Waals surface area contributed by atoms with Gasteiger partial charge in [-0.05, 0) is 37.5 Å². The number of anilines is 1. The molecule has 0 spiro atoms. The van der Waals surface area contributed by atoms with Gasteiger partial charge in [0.25, 0.3) is 0 Å². The van der Waals surface area contributed by atoms with Crippen LogP contribution in [0.3, 0.4) is 0 Å². The van der Waals surface area contributed by atoms with Gasteiger partial charge in [0.2, 0.25) is 27.6 Å². The molecule has 0 saturated heterocycles. The van der Waals surface area contributed by atoms with Crippen LogP contribution in [0.5, 0.6) is 0 Å². The van der Waals surface area contributed by atoms with Crippen molar-refractivity contribution < 1.29 is 17.7 Å². The van der Waals surface area contributed by atoms with Crippen LogP contribution in [0.4, 0.5) is 5.69 Å². The van der Waals surface area contributed by atoms with Crippen LogP contribution in [0.15, 0.2) is 53.1 Å². The van der Waals surface area contributed by atoms with Crippen molar-refractivity contribution in [1.82, 2.24) is 15.5 Å². The quantitative estimate of drug-likeness (QED) is 0.574. The first-order valence-electron chi connectivity index (χ1n) is 9.93. The maximum atomic E-state index is 13.0. The van der Waals surface area contributed by atoms with Gasteiger partial charge in [0, 0.05) is 5.56 Å². The molecule has 1 atom stereocenters. The first kappa shape index (κ1) is 22.5. The van der Waals surface area contributed by atoms with Gasteiger partial charge in [-0.15, -0.1) is 0 Å². The van der Waals surface area contributed by atoms with Gasteiger partial charge in [0.05, 0.1) is 18.5 Å². The molecular formula is C22H26N4O4S. The summed E-state index contributed by atoms with van der Waals surface area (Å²) in [6.45, 7) is 5.47. The van der Waals surface area contributed by atoms with Gasteiger partial charge in [0.1, 0.15) is 6.04 Å². The number of hydrogen-bond donors (Lipinski definition) is 1. The molecule has 1 heterocycles. The Kier molecular flexibility index (Phi) is 6.74. The summed E-state index contributed by atoms with van der Waals surface area (Å²) in [5, 5.41) is 6.66. The minimum Gasteiger partial charge on any atom is -0.345 e. The van der Waals surface area contributed by atoms with Gasteiger partial charge in [-0.25, -0.2) is 8.42 Å². The first-order valence-corrected chi connectivity index (χ1v) is 11.8. The predicted molar refractivity (Wildman–Crippen MR) is 119 cm³/mol. The summed E-state index contributed by atoms with van der Waals surface area (Å²) in [5.74, 6) is 0.220. The van der Waals surface area contributed by atoms with Crippen molar-refractivity contribution >= 4 is 21.6 Å². The number of sulfonamides is 1. The normalized spacial score (nSPS) is 12.4. The summed E-state index contributed by atoms with van der Waals surface area (Å²) < 4.78 is 31.7. The number of amides is 1. The van der Waals surface area contributed by atoms with Gasteiger partial charge in [-0.1, -0.05) is 54.5 Å². The molecule has 3 rings (SSSR count). The monoisotopic (exact) mass is 442 g/mol. The summed E-state index contributed by atoms with van der Waals surface area (Å²) in [7, 11) is -3.71. The number of carbonyl (C=O) groups is 1. The van der Waals surface area contributed by atoms with Gasteiger partial charge < -0.3 is 9.84 Å². The summed E-state index contributed by atoms with van der Waals surface area (Å²) >= 11 is 0.